The fraction of sp³-hybridized carbons (Fsp3) is 0.333. The van der Waals surface area contributed by atoms with E-state index in [0.29, 0.717) is 30.0 Å². The van der Waals surface area contributed by atoms with Crippen LogP contribution in [0.4, 0.5) is 0 Å². The van der Waals surface area contributed by atoms with Crippen molar-refractivity contribution in [1.29, 1.82) is 4.78 Å². The highest BCUT2D eigenvalue weighted by Crippen LogP contribution is 2.38. The molecular formula is C24H26N4O3S. The van der Waals surface area contributed by atoms with Crippen molar-refractivity contribution in [2.24, 2.45) is 0 Å². The SMILES string of the molecule is C[S@@](=N)(=O)c1cnc(-c2ccc(CN3CCC[C@H]3c3ccc4c(c3)OCCO4)cc2)nc1. The van der Waals surface area contributed by atoms with Crippen molar-refractivity contribution < 1.29 is 13.7 Å². The first kappa shape index (κ1) is 20.9. The average Bonchev–Trinajstić information content (AvgIpc) is 3.27. The Labute approximate surface area is 188 Å². The fourth-order valence-corrected chi connectivity index (χ4v) is 4.83. The van der Waals surface area contributed by atoms with E-state index in [2.05, 4.69) is 39.1 Å². The van der Waals surface area contributed by atoms with Crippen LogP contribution in [0, 0.1) is 4.78 Å². The van der Waals surface area contributed by atoms with Crippen LogP contribution in [0.5, 0.6) is 11.5 Å². The predicted molar refractivity (Wildman–Crippen MR) is 122 cm³/mol. The summed E-state index contributed by atoms with van der Waals surface area (Å²) in [6, 6.07) is 14.9. The van der Waals surface area contributed by atoms with E-state index in [1.807, 2.05) is 18.2 Å². The van der Waals surface area contributed by atoms with Gasteiger partial charge in [0.15, 0.2) is 17.3 Å². The molecule has 1 fully saturated rings. The van der Waals surface area contributed by atoms with Crippen LogP contribution in [0.15, 0.2) is 59.8 Å². The van der Waals surface area contributed by atoms with E-state index in [1.54, 1.807) is 0 Å². The zero-order valence-corrected chi connectivity index (χ0v) is 18.8. The number of nitrogens with one attached hydrogen (secondary N) is 1. The van der Waals surface area contributed by atoms with Crippen LogP contribution in [-0.4, -0.2) is 45.1 Å². The van der Waals surface area contributed by atoms with Crippen LogP contribution in [-0.2, 0) is 16.3 Å². The summed E-state index contributed by atoms with van der Waals surface area (Å²) in [6.45, 7) is 3.14. The van der Waals surface area contributed by atoms with Gasteiger partial charge in [0.1, 0.15) is 13.2 Å². The van der Waals surface area contributed by atoms with Gasteiger partial charge in [0.25, 0.3) is 0 Å². The van der Waals surface area contributed by atoms with Gasteiger partial charge in [-0.2, -0.15) is 0 Å². The van der Waals surface area contributed by atoms with Gasteiger partial charge in [0.05, 0.1) is 14.6 Å². The van der Waals surface area contributed by atoms with Crippen molar-refractivity contribution >= 4 is 9.73 Å². The quantitative estimate of drug-likeness (QED) is 0.624. The molecule has 5 rings (SSSR count). The third-order valence-corrected chi connectivity index (χ3v) is 7.10. The number of benzene rings is 2. The Morgan fingerprint density at radius 2 is 1.78 bits per heavy atom. The molecular weight excluding hydrogens is 424 g/mol. The van der Waals surface area contributed by atoms with Gasteiger partial charge in [-0.1, -0.05) is 30.3 Å². The second-order valence-corrected chi connectivity index (χ2v) is 10.5. The summed E-state index contributed by atoms with van der Waals surface area (Å²) in [7, 11) is -2.80. The van der Waals surface area contributed by atoms with Gasteiger partial charge >= 0.3 is 0 Å². The molecule has 3 aromatic rings. The second-order valence-electron chi connectivity index (χ2n) is 8.31. The van der Waals surface area contributed by atoms with Gasteiger partial charge in [0.2, 0.25) is 0 Å². The maximum atomic E-state index is 11.8. The van der Waals surface area contributed by atoms with Crippen LogP contribution in [0.2, 0.25) is 0 Å². The van der Waals surface area contributed by atoms with E-state index in [9.17, 15) is 4.21 Å². The summed E-state index contributed by atoms with van der Waals surface area (Å²) in [5, 5.41) is 0. The minimum absolute atomic E-state index is 0.345. The number of fused-ring (bicyclic) bond motifs is 1. The molecule has 7 nitrogen and oxygen atoms in total. The van der Waals surface area contributed by atoms with Crippen LogP contribution >= 0.6 is 0 Å². The van der Waals surface area contributed by atoms with Crippen molar-refractivity contribution in [3.8, 4) is 22.9 Å². The zero-order valence-electron chi connectivity index (χ0n) is 18.0. The number of hydrogen-bond acceptors (Lipinski definition) is 7. The molecule has 0 aliphatic carbocycles. The number of likely N-dealkylation sites (tertiary alicyclic amines) is 1. The minimum Gasteiger partial charge on any atom is -0.486 e. The van der Waals surface area contributed by atoms with E-state index in [1.165, 1.54) is 36.2 Å². The van der Waals surface area contributed by atoms with Gasteiger partial charge in [-0.15, -0.1) is 0 Å². The Hall–Kier alpha value is -2.97. The standard InChI is InChI=1S/C24H26N4O3S/c1-32(25,29)20-14-26-24(27-15-20)18-6-4-17(5-7-18)16-28-10-2-3-21(28)19-8-9-22-23(13-19)31-12-11-30-22/h4-9,13-15,21,25H,2-3,10-12,16H2,1H3/t21-,32+/m0/s1. The lowest BCUT2D eigenvalue weighted by Crippen LogP contribution is -2.23. The Morgan fingerprint density at radius 1 is 1.06 bits per heavy atom. The molecule has 166 valence electrons. The average molecular weight is 451 g/mol. The predicted octanol–water partition coefficient (Wildman–Crippen LogP) is 4.29. The number of rotatable bonds is 5. The topological polar surface area (TPSA) is 88.4 Å². The van der Waals surface area contributed by atoms with Gasteiger partial charge in [0, 0.05) is 36.8 Å². The van der Waals surface area contributed by atoms with E-state index in [-0.39, 0.29) is 0 Å². The number of ether oxygens (including phenoxy) is 2. The molecule has 0 spiro atoms. The monoisotopic (exact) mass is 450 g/mol. The highest BCUT2D eigenvalue weighted by atomic mass is 32.2. The first-order valence-electron chi connectivity index (χ1n) is 10.8. The van der Waals surface area contributed by atoms with Gasteiger partial charge in [-0.3, -0.25) is 4.90 Å². The van der Waals surface area contributed by atoms with Crippen molar-refractivity contribution in [1.82, 2.24) is 14.9 Å². The molecule has 0 amide bonds. The maximum Gasteiger partial charge on any atom is 0.161 e. The largest absolute Gasteiger partial charge is 0.486 e. The number of hydrogen-bond donors (Lipinski definition) is 1. The third-order valence-electron chi connectivity index (χ3n) is 5.99. The van der Waals surface area contributed by atoms with Gasteiger partial charge in [-0.05, 0) is 42.6 Å². The van der Waals surface area contributed by atoms with E-state index < -0.39 is 9.73 Å². The van der Waals surface area contributed by atoms with Crippen LogP contribution in [0.3, 0.4) is 0 Å². The molecule has 0 saturated carbocycles. The van der Waals surface area contributed by atoms with Crippen LogP contribution in [0.25, 0.3) is 11.4 Å². The Kier molecular flexibility index (Phi) is 5.57. The molecule has 8 heteroatoms. The summed E-state index contributed by atoms with van der Waals surface area (Å²) < 4.78 is 30.9. The zero-order chi connectivity index (χ0) is 22.1. The van der Waals surface area contributed by atoms with Crippen LogP contribution < -0.4 is 9.47 Å². The Morgan fingerprint density at radius 3 is 2.50 bits per heavy atom. The van der Waals surface area contributed by atoms with Gasteiger partial charge in [-0.25, -0.2) is 19.0 Å². The number of nitrogens with zero attached hydrogens (tertiary/aromatic N) is 3. The summed E-state index contributed by atoms with van der Waals surface area (Å²) in [4.78, 5) is 11.4. The maximum absolute atomic E-state index is 11.8. The normalized spacial score (nSPS) is 20.1. The van der Waals surface area contributed by atoms with Gasteiger partial charge < -0.3 is 9.47 Å². The Balaban J connectivity index is 1.30. The van der Waals surface area contributed by atoms with E-state index >= 15 is 0 Å². The van der Waals surface area contributed by atoms with Crippen molar-refractivity contribution in [3.05, 3.63) is 66.0 Å². The fourth-order valence-electron chi connectivity index (χ4n) is 4.32. The molecule has 0 radical (unpaired) electrons. The third kappa shape index (κ3) is 4.33. The Bertz CT molecular complexity index is 1210. The number of aromatic nitrogens is 2. The summed E-state index contributed by atoms with van der Waals surface area (Å²) in [6.07, 6.45) is 6.64. The van der Waals surface area contributed by atoms with Crippen LogP contribution in [0.1, 0.15) is 30.0 Å². The minimum atomic E-state index is -2.80. The summed E-state index contributed by atoms with van der Waals surface area (Å²) >= 11 is 0. The molecule has 2 aliphatic rings. The molecule has 32 heavy (non-hydrogen) atoms. The molecule has 3 heterocycles. The summed E-state index contributed by atoms with van der Waals surface area (Å²) in [5.41, 5.74) is 3.41. The lowest BCUT2D eigenvalue weighted by Gasteiger charge is -2.26. The second kappa shape index (κ2) is 8.52. The molecule has 1 aromatic heterocycles. The molecule has 2 aliphatic heterocycles. The van der Waals surface area contributed by atoms with E-state index in [4.69, 9.17) is 14.3 Å². The molecule has 1 N–H and O–H groups in total. The molecule has 0 unspecified atom stereocenters. The van der Waals surface area contributed by atoms with E-state index in [0.717, 1.165) is 36.6 Å². The molecule has 2 aromatic carbocycles. The first-order valence-corrected chi connectivity index (χ1v) is 12.7. The van der Waals surface area contributed by atoms with Crippen molar-refractivity contribution in [2.45, 2.75) is 30.3 Å². The first-order chi connectivity index (χ1) is 15.5. The van der Waals surface area contributed by atoms with Crippen molar-refractivity contribution in [2.75, 3.05) is 26.0 Å². The lowest BCUT2D eigenvalue weighted by molar-refractivity contribution is 0.170. The highest BCUT2D eigenvalue weighted by molar-refractivity contribution is 7.91. The smallest absolute Gasteiger partial charge is 0.161 e. The lowest BCUT2D eigenvalue weighted by atomic mass is 10.0. The summed E-state index contributed by atoms with van der Waals surface area (Å²) in [5.74, 6) is 2.25. The molecule has 0 bridgehead atoms. The molecule has 1 saturated heterocycles. The molecule has 2 atom stereocenters. The van der Waals surface area contributed by atoms with Crippen molar-refractivity contribution in [3.63, 3.8) is 0 Å². The highest BCUT2D eigenvalue weighted by Gasteiger charge is 2.27.